The number of rotatable bonds is 6. The fourth-order valence-electron chi connectivity index (χ4n) is 7.99. The third kappa shape index (κ3) is 5.95. The van der Waals surface area contributed by atoms with Crippen LogP contribution in [0.2, 0.25) is 0 Å². The number of thiophene rings is 1. The van der Waals surface area contributed by atoms with Gasteiger partial charge in [0.05, 0.1) is 27.3 Å². The summed E-state index contributed by atoms with van der Waals surface area (Å²) >= 11 is 1.81. The average molecular weight is 744 g/mol. The van der Waals surface area contributed by atoms with Crippen molar-refractivity contribution in [3.05, 3.63) is 200 Å². The molecule has 0 aliphatic rings. The second kappa shape index (κ2) is 13.8. The van der Waals surface area contributed by atoms with Gasteiger partial charge in [0.1, 0.15) is 0 Å². The van der Waals surface area contributed by atoms with Crippen LogP contribution in [-0.2, 0) is 0 Å². The topological polar surface area (TPSA) is 38.7 Å². The maximum atomic E-state index is 5.44. The molecule has 0 amide bonds. The lowest BCUT2D eigenvalue weighted by Crippen LogP contribution is -1.96. The van der Waals surface area contributed by atoms with Gasteiger partial charge in [-0.25, -0.2) is 15.0 Å². The number of pyridine rings is 1. The Morgan fingerprint density at radius 3 is 1.46 bits per heavy atom. The van der Waals surface area contributed by atoms with Gasteiger partial charge in [-0.05, 0) is 39.8 Å². The highest BCUT2D eigenvalue weighted by atomic mass is 32.1. The van der Waals surface area contributed by atoms with Crippen LogP contribution in [0.3, 0.4) is 0 Å². The maximum Gasteiger partial charge on any atom is 0.160 e. The fourth-order valence-corrected chi connectivity index (χ4v) is 9.22. The normalized spacial score (nSPS) is 11.5. The van der Waals surface area contributed by atoms with Crippen molar-refractivity contribution in [2.75, 3.05) is 0 Å². The van der Waals surface area contributed by atoms with Gasteiger partial charge in [-0.3, -0.25) is 0 Å². The van der Waals surface area contributed by atoms with Gasteiger partial charge in [-0.1, -0.05) is 188 Å². The highest BCUT2D eigenvalue weighted by Crippen LogP contribution is 2.44. The van der Waals surface area contributed by atoms with Crippen molar-refractivity contribution in [1.29, 1.82) is 0 Å². The van der Waals surface area contributed by atoms with Crippen molar-refractivity contribution in [3.8, 4) is 67.4 Å². The van der Waals surface area contributed by atoms with Crippen LogP contribution in [0.4, 0.5) is 0 Å². The van der Waals surface area contributed by atoms with E-state index in [9.17, 15) is 0 Å². The number of hydrogen-bond donors (Lipinski definition) is 0. The first kappa shape index (κ1) is 33.1. The highest BCUT2D eigenvalue weighted by Gasteiger charge is 2.18. The lowest BCUT2D eigenvalue weighted by molar-refractivity contribution is 1.18. The highest BCUT2D eigenvalue weighted by molar-refractivity contribution is 7.26. The molecule has 0 aliphatic heterocycles. The van der Waals surface area contributed by atoms with Crippen molar-refractivity contribution in [1.82, 2.24) is 15.0 Å². The second-order valence-electron chi connectivity index (χ2n) is 14.4. The fraction of sp³-hybridized carbons (Fsp3) is 0. The van der Waals surface area contributed by atoms with Crippen LogP contribution >= 0.6 is 11.3 Å². The molecule has 0 saturated heterocycles. The zero-order valence-corrected chi connectivity index (χ0v) is 31.6. The first-order valence-electron chi connectivity index (χ1n) is 19.2. The summed E-state index contributed by atoms with van der Waals surface area (Å²) in [6, 6.07) is 70.7. The lowest BCUT2D eigenvalue weighted by Gasteiger charge is -2.12. The molecule has 3 heterocycles. The van der Waals surface area contributed by atoms with E-state index >= 15 is 0 Å². The predicted molar refractivity (Wildman–Crippen MR) is 240 cm³/mol. The molecule has 3 nitrogen and oxygen atoms in total. The van der Waals surface area contributed by atoms with Crippen molar-refractivity contribution in [2.24, 2.45) is 0 Å². The first-order chi connectivity index (χ1) is 28.2. The van der Waals surface area contributed by atoms with Crippen molar-refractivity contribution < 1.29 is 0 Å². The van der Waals surface area contributed by atoms with Crippen LogP contribution in [0.5, 0.6) is 0 Å². The van der Waals surface area contributed by atoms with E-state index in [-0.39, 0.29) is 0 Å². The van der Waals surface area contributed by atoms with Crippen LogP contribution in [-0.4, -0.2) is 15.0 Å². The van der Waals surface area contributed by atoms with E-state index < -0.39 is 0 Å². The molecular formula is C53H33N3S. The van der Waals surface area contributed by atoms with Gasteiger partial charge in [-0.15, -0.1) is 11.3 Å². The molecule has 57 heavy (non-hydrogen) atoms. The van der Waals surface area contributed by atoms with Crippen molar-refractivity contribution in [2.45, 2.75) is 0 Å². The summed E-state index contributed by atoms with van der Waals surface area (Å²) in [6.45, 7) is 0. The van der Waals surface area contributed by atoms with E-state index in [1.165, 1.54) is 53.2 Å². The molecule has 11 rings (SSSR count). The molecule has 0 aliphatic carbocycles. The number of nitrogens with zero attached hydrogens (tertiary/aromatic N) is 3. The van der Waals surface area contributed by atoms with Crippen LogP contribution in [0.1, 0.15) is 0 Å². The summed E-state index contributed by atoms with van der Waals surface area (Å²) in [5.41, 5.74) is 12.6. The molecule has 0 radical (unpaired) electrons. The van der Waals surface area contributed by atoms with Gasteiger partial charge in [0.15, 0.2) is 5.82 Å². The smallest absolute Gasteiger partial charge is 0.160 e. The van der Waals surface area contributed by atoms with Gasteiger partial charge in [0, 0.05) is 48.5 Å². The molecule has 3 aromatic heterocycles. The van der Waals surface area contributed by atoms with Gasteiger partial charge in [0.25, 0.3) is 0 Å². The Bertz CT molecular complexity index is 3140. The molecule has 0 saturated carbocycles. The summed E-state index contributed by atoms with van der Waals surface area (Å²) in [7, 11) is 0. The molecule has 8 aromatic carbocycles. The van der Waals surface area contributed by atoms with Gasteiger partial charge < -0.3 is 0 Å². The lowest BCUT2D eigenvalue weighted by atomic mass is 9.99. The Balaban J connectivity index is 1.04. The van der Waals surface area contributed by atoms with Crippen molar-refractivity contribution >= 4 is 53.2 Å². The van der Waals surface area contributed by atoms with Gasteiger partial charge in [-0.2, -0.15) is 0 Å². The van der Waals surface area contributed by atoms with Crippen molar-refractivity contribution in [3.63, 3.8) is 0 Å². The first-order valence-corrected chi connectivity index (χ1v) is 20.0. The summed E-state index contributed by atoms with van der Waals surface area (Å²) in [4.78, 5) is 15.8. The third-order valence-electron chi connectivity index (χ3n) is 10.9. The average Bonchev–Trinajstić information content (AvgIpc) is 3.69. The standard InChI is InChI=1S/C53H33N3S/c1-3-11-34(12-4-1)36-19-23-39(24-20-36)46-33-47(40-25-21-37(22-26-40)35-13-5-2-6-14-35)55-53(54-46)42-29-27-41(28-30-42)50-52-49(44-17-9-10-18-48(44)57-52)45-32-31-38-15-7-8-16-43(38)51(45)56-50/h1-33H. The van der Waals surface area contributed by atoms with Crippen LogP contribution in [0.15, 0.2) is 200 Å². The van der Waals surface area contributed by atoms with E-state index in [4.69, 9.17) is 15.0 Å². The van der Waals surface area contributed by atoms with Gasteiger partial charge in [0.2, 0.25) is 0 Å². The molecule has 0 atom stereocenters. The predicted octanol–water partition coefficient (Wildman–Crippen LogP) is 14.5. The summed E-state index contributed by atoms with van der Waals surface area (Å²) in [6.07, 6.45) is 0. The summed E-state index contributed by atoms with van der Waals surface area (Å²) in [5.74, 6) is 0.679. The van der Waals surface area contributed by atoms with Crippen LogP contribution < -0.4 is 0 Å². The number of hydrogen-bond acceptors (Lipinski definition) is 4. The molecular weight excluding hydrogens is 711 g/mol. The van der Waals surface area contributed by atoms with E-state index in [2.05, 4.69) is 188 Å². The molecule has 0 unspecified atom stereocenters. The van der Waals surface area contributed by atoms with E-state index in [0.29, 0.717) is 5.82 Å². The Hall–Kier alpha value is -7.27. The summed E-state index contributed by atoms with van der Waals surface area (Å²) in [5, 5.41) is 6.08. The molecule has 0 spiro atoms. The Kier molecular flexibility index (Phi) is 8.01. The minimum absolute atomic E-state index is 0.679. The van der Waals surface area contributed by atoms with Gasteiger partial charge >= 0.3 is 0 Å². The SMILES string of the molecule is c1ccc(-c2ccc(-c3cc(-c4ccc(-c5ccccc5)cc4)nc(-c4ccc(-c5nc6c7ccccc7ccc6c6c5sc5ccccc56)cc4)n3)cc2)cc1. The maximum absolute atomic E-state index is 5.44. The Labute approximate surface area is 334 Å². The van der Waals surface area contributed by atoms with Crippen LogP contribution in [0, 0.1) is 0 Å². The van der Waals surface area contributed by atoms with E-state index in [0.717, 1.165) is 50.2 Å². The quantitative estimate of drug-likeness (QED) is 0.159. The minimum Gasteiger partial charge on any atom is -0.246 e. The molecule has 11 aromatic rings. The number of aromatic nitrogens is 3. The minimum atomic E-state index is 0.679. The van der Waals surface area contributed by atoms with E-state index in [1.54, 1.807) is 0 Å². The largest absolute Gasteiger partial charge is 0.246 e. The zero-order valence-electron chi connectivity index (χ0n) is 30.8. The van der Waals surface area contributed by atoms with Crippen LogP contribution in [0.25, 0.3) is 109 Å². The third-order valence-corrected chi connectivity index (χ3v) is 12.1. The monoisotopic (exact) mass is 743 g/mol. The molecule has 266 valence electrons. The molecule has 0 N–H and O–H groups in total. The number of fused-ring (bicyclic) bond motifs is 7. The molecule has 0 bridgehead atoms. The second-order valence-corrected chi connectivity index (χ2v) is 15.4. The molecule has 0 fully saturated rings. The Morgan fingerprint density at radius 2 is 0.825 bits per heavy atom. The van der Waals surface area contributed by atoms with E-state index in [1.807, 2.05) is 23.5 Å². The Morgan fingerprint density at radius 1 is 0.333 bits per heavy atom. The summed E-state index contributed by atoms with van der Waals surface area (Å²) < 4.78 is 2.46. The zero-order chi connectivity index (χ0) is 37.7. The number of benzene rings is 8. The molecule has 4 heteroatoms.